The highest BCUT2D eigenvalue weighted by molar-refractivity contribution is 5.89. The van der Waals surface area contributed by atoms with Crippen LogP contribution in [0.3, 0.4) is 0 Å². The minimum Gasteiger partial charge on any atom is -0.335 e. The zero-order valence-corrected chi connectivity index (χ0v) is 9.57. The molecule has 0 bridgehead atoms. The average molecular weight is 229 g/mol. The molecule has 0 saturated heterocycles. The minimum atomic E-state index is -0.188. The second-order valence-corrected chi connectivity index (χ2v) is 4.27. The topological polar surface area (TPSA) is 64.9 Å². The van der Waals surface area contributed by atoms with E-state index in [-0.39, 0.29) is 6.03 Å². The maximum absolute atomic E-state index is 11.7. The van der Waals surface area contributed by atoms with E-state index in [0.717, 1.165) is 12.8 Å². The number of hydrogen-bond donors (Lipinski definition) is 2. The largest absolute Gasteiger partial charge is 0.335 e. The molecule has 0 heterocycles. The van der Waals surface area contributed by atoms with E-state index in [0.29, 0.717) is 17.3 Å². The summed E-state index contributed by atoms with van der Waals surface area (Å²) in [4.78, 5) is 11.7. The van der Waals surface area contributed by atoms with E-state index in [1.807, 2.05) is 6.07 Å². The first-order valence-corrected chi connectivity index (χ1v) is 5.85. The number of carbonyl (C=O) groups is 1. The summed E-state index contributed by atoms with van der Waals surface area (Å²) in [5.74, 6) is 0. The minimum absolute atomic E-state index is 0.188. The smallest absolute Gasteiger partial charge is 0.319 e. The Morgan fingerprint density at radius 2 is 2.12 bits per heavy atom. The van der Waals surface area contributed by atoms with Gasteiger partial charge in [0.15, 0.2) is 0 Å². The Labute approximate surface area is 101 Å². The van der Waals surface area contributed by atoms with Crippen LogP contribution in [0.4, 0.5) is 10.5 Å². The molecule has 0 aromatic heterocycles. The van der Waals surface area contributed by atoms with Crippen molar-refractivity contribution in [2.45, 2.75) is 31.7 Å². The third kappa shape index (κ3) is 3.22. The summed E-state index contributed by atoms with van der Waals surface area (Å²) in [6.07, 6.45) is 4.50. The van der Waals surface area contributed by atoms with E-state index >= 15 is 0 Å². The molecule has 1 aliphatic carbocycles. The van der Waals surface area contributed by atoms with E-state index < -0.39 is 0 Å². The van der Waals surface area contributed by atoms with Crippen LogP contribution in [0, 0.1) is 11.3 Å². The van der Waals surface area contributed by atoms with Gasteiger partial charge in [0.1, 0.15) is 0 Å². The molecule has 0 spiro atoms. The van der Waals surface area contributed by atoms with Gasteiger partial charge in [0.25, 0.3) is 0 Å². The Kier molecular flexibility index (Phi) is 3.61. The standard InChI is InChI=1S/C13H15N3O/c14-9-10-4-3-7-12(8-10)16-13(17)15-11-5-1-2-6-11/h3-4,7-8,11H,1-2,5-6H2,(H2,15,16,17). The molecule has 0 unspecified atom stereocenters. The van der Waals surface area contributed by atoms with Crippen LogP contribution in [0.5, 0.6) is 0 Å². The van der Waals surface area contributed by atoms with Gasteiger partial charge in [0, 0.05) is 11.7 Å². The predicted octanol–water partition coefficient (Wildman–Crippen LogP) is 2.62. The second kappa shape index (κ2) is 5.35. The van der Waals surface area contributed by atoms with Gasteiger partial charge in [-0.2, -0.15) is 5.26 Å². The lowest BCUT2D eigenvalue weighted by Gasteiger charge is -2.12. The van der Waals surface area contributed by atoms with Crippen molar-refractivity contribution in [1.29, 1.82) is 5.26 Å². The zero-order valence-electron chi connectivity index (χ0n) is 9.57. The van der Waals surface area contributed by atoms with Crippen LogP contribution < -0.4 is 10.6 Å². The highest BCUT2D eigenvalue weighted by Gasteiger charge is 2.16. The molecule has 0 atom stereocenters. The SMILES string of the molecule is N#Cc1cccc(NC(=O)NC2CCCC2)c1. The van der Waals surface area contributed by atoms with Crippen molar-refractivity contribution in [3.8, 4) is 6.07 Å². The van der Waals surface area contributed by atoms with Gasteiger partial charge in [-0.3, -0.25) is 0 Å². The first-order valence-electron chi connectivity index (χ1n) is 5.85. The van der Waals surface area contributed by atoms with Crippen molar-refractivity contribution in [3.63, 3.8) is 0 Å². The van der Waals surface area contributed by atoms with Gasteiger partial charge in [0.2, 0.25) is 0 Å². The summed E-state index contributed by atoms with van der Waals surface area (Å²) in [5.41, 5.74) is 1.20. The highest BCUT2D eigenvalue weighted by Crippen LogP contribution is 2.17. The van der Waals surface area contributed by atoms with Gasteiger partial charge in [-0.25, -0.2) is 4.79 Å². The number of anilines is 1. The number of hydrogen-bond acceptors (Lipinski definition) is 2. The number of amides is 2. The molecule has 4 nitrogen and oxygen atoms in total. The molecule has 1 aromatic carbocycles. The fraction of sp³-hybridized carbons (Fsp3) is 0.385. The predicted molar refractivity (Wildman–Crippen MR) is 65.6 cm³/mol. The molecule has 1 saturated carbocycles. The Morgan fingerprint density at radius 3 is 2.82 bits per heavy atom. The van der Waals surface area contributed by atoms with Gasteiger partial charge in [-0.1, -0.05) is 18.9 Å². The first-order chi connectivity index (χ1) is 8.28. The number of nitrogens with one attached hydrogen (secondary N) is 2. The van der Waals surface area contributed by atoms with Crippen molar-refractivity contribution >= 4 is 11.7 Å². The molecular formula is C13H15N3O. The van der Waals surface area contributed by atoms with Crippen molar-refractivity contribution in [2.75, 3.05) is 5.32 Å². The Hall–Kier alpha value is -2.02. The molecule has 1 aromatic rings. The molecule has 0 aliphatic heterocycles. The van der Waals surface area contributed by atoms with E-state index in [1.165, 1.54) is 12.8 Å². The van der Waals surface area contributed by atoms with Crippen LogP contribution in [0.25, 0.3) is 0 Å². The molecule has 4 heteroatoms. The van der Waals surface area contributed by atoms with Crippen molar-refractivity contribution < 1.29 is 4.79 Å². The Morgan fingerprint density at radius 1 is 1.35 bits per heavy atom. The maximum atomic E-state index is 11.7. The van der Waals surface area contributed by atoms with Crippen LogP contribution in [0.2, 0.25) is 0 Å². The molecule has 17 heavy (non-hydrogen) atoms. The van der Waals surface area contributed by atoms with Gasteiger partial charge in [0.05, 0.1) is 11.6 Å². The van der Waals surface area contributed by atoms with Crippen LogP contribution in [-0.2, 0) is 0 Å². The average Bonchev–Trinajstić information content (AvgIpc) is 2.82. The summed E-state index contributed by atoms with van der Waals surface area (Å²) in [6, 6.07) is 9.05. The van der Waals surface area contributed by atoms with Crippen molar-refractivity contribution in [2.24, 2.45) is 0 Å². The Bertz CT molecular complexity index is 444. The molecular weight excluding hydrogens is 214 g/mol. The van der Waals surface area contributed by atoms with E-state index in [9.17, 15) is 4.79 Å². The lowest BCUT2D eigenvalue weighted by Crippen LogP contribution is -2.36. The highest BCUT2D eigenvalue weighted by atomic mass is 16.2. The van der Waals surface area contributed by atoms with Crippen LogP contribution in [0.15, 0.2) is 24.3 Å². The van der Waals surface area contributed by atoms with E-state index in [2.05, 4.69) is 10.6 Å². The van der Waals surface area contributed by atoms with Crippen LogP contribution in [0.1, 0.15) is 31.2 Å². The summed E-state index contributed by atoms with van der Waals surface area (Å²) < 4.78 is 0. The second-order valence-electron chi connectivity index (χ2n) is 4.27. The third-order valence-corrected chi connectivity index (χ3v) is 2.94. The lowest BCUT2D eigenvalue weighted by molar-refractivity contribution is 0.248. The van der Waals surface area contributed by atoms with Gasteiger partial charge in [-0.05, 0) is 31.0 Å². The fourth-order valence-electron chi connectivity index (χ4n) is 2.09. The lowest BCUT2D eigenvalue weighted by atomic mass is 10.2. The first kappa shape index (κ1) is 11.5. The van der Waals surface area contributed by atoms with Crippen molar-refractivity contribution in [1.82, 2.24) is 5.32 Å². The summed E-state index contributed by atoms with van der Waals surface area (Å²) in [6.45, 7) is 0. The van der Waals surface area contributed by atoms with E-state index in [4.69, 9.17) is 5.26 Å². The van der Waals surface area contributed by atoms with Gasteiger partial charge >= 0.3 is 6.03 Å². The third-order valence-electron chi connectivity index (χ3n) is 2.94. The molecule has 2 N–H and O–H groups in total. The summed E-state index contributed by atoms with van der Waals surface area (Å²) >= 11 is 0. The maximum Gasteiger partial charge on any atom is 0.319 e. The molecule has 2 amide bonds. The summed E-state index contributed by atoms with van der Waals surface area (Å²) in [5, 5.41) is 14.4. The zero-order chi connectivity index (χ0) is 12.1. The monoisotopic (exact) mass is 229 g/mol. The molecule has 2 rings (SSSR count). The van der Waals surface area contributed by atoms with Crippen LogP contribution >= 0.6 is 0 Å². The summed E-state index contributed by atoms with van der Waals surface area (Å²) in [7, 11) is 0. The number of benzene rings is 1. The quantitative estimate of drug-likeness (QED) is 0.818. The molecule has 1 fully saturated rings. The number of nitriles is 1. The van der Waals surface area contributed by atoms with Gasteiger partial charge < -0.3 is 10.6 Å². The molecule has 1 aliphatic rings. The number of nitrogens with zero attached hydrogens (tertiary/aromatic N) is 1. The van der Waals surface area contributed by atoms with Crippen LogP contribution in [-0.4, -0.2) is 12.1 Å². The number of urea groups is 1. The molecule has 88 valence electrons. The fourth-order valence-corrected chi connectivity index (χ4v) is 2.09. The normalized spacial score (nSPS) is 15.2. The Balaban J connectivity index is 1.91. The van der Waals surface area contributed by atoms with Gasteiger partial charge in [-0.15, -0.1) is 0 Å². The number of carbonyl (C=O) groups excluding carboxylic acids is 1. The van der Waals surface area contributed by atoms with Crippen molar-refractivity contribution in [3.05, 3.63) is 29.8 Å². The molecule has 0 radical (unpaired) electrons. The van der Waals surface area contributed by atoms with E-state index in [1.54, 1.807) is 24.3 Å². The number of rotatable bonds is 2.